The lowest BCUT2D eigenvalue weighted by atomic mass is 10.0. The number of thiazole rings is 1. The van der Waals surface area contributed by atoms with Crippen molar-refractivity contribution in [2.24, 2.45) is 0 Å². The van der Waals surface area contributed by atoms with Crippen LogP contribution in [0.5, 0.6) is 0 Å². The fourth-order valence-electron chi connectivity index (χ4n) is 2.85. The number of carbonyl (C=O) groups is 2. The van der Waals surface area contributed by atoms with E-state index >= 15 is 0 Å². The summed E-state index contributed by atoms with van der Waals surface area (Å²) in [4.78, 5) is 29.1. The molecule has 1 aromatic carbocycles. The molecule has 2 aromatic rings. The van der Waals surface area contributed by atoms with Crippen molar-refractivity contribution in [3.63, 3.8) is 0 Å². The number of hydrogen-bond donors (Lipinski definition) is 2. The quantitative estimate of drug-likeness (QED) is 0.789. The van der Waals surface area contributed by atoms with Gasteiger partial charge in [-0.2, -0.15) is 0 Å². The van der Waals surface area contributed by atoms with E-state index in [2.05, 4.69) is 5.32 Å². The molecule has 0 bridgehead atoms. The van der Waals surface area contributed by atoms with Crippen molar-refractivity contribution in [2.45, 2.75) is 38.5 Å². The summed E-state index contributed by atoms with van der Waals surface area (Å²) in [5.74, 6) is -1.27. The number of amides is 1. The molecule has 1 amide bonds. The lowest BCUT2D eigenvalue weighted by Gasteiger charge is -2.06. The minimum Gasteiger partial charge on any atom is -0.478 e. The average molecular weight is 344 g/mol. The lowest BCUT2D eigenvalue weighted by Crippen LogP contribution is -2.25. The number of aromatic nitrogens is 1. The van der Waals surface area contributed by atoms with E-state index in [1.54, 1.807) is 23.5 Å². The number of rotatable bonds is 6. The summed E-state index contributed by atoms with van der Waals surface area (Å²) in [6.45, 7) is 0.556. The summed E-state index contributed by atoms with van der Waals surface area (Å²) in [5, 5.41) is 13.0. The number of aryl methyl sites for hydroxylation is 3. The zero-order chi connectivity index (χ0) is 16.9. The Morgan fingerprint density at radius 2 is 2.00 bits per heavy atom. The van der Waals surface area contributed by atoms with Crippen LogP contribution < -0.4 is 5.32 Å². The first kappa shape index (κ1) is 16.6. The van der Waals surface area contributed by atoms with Crippen LogP contribution in [-0.2, 0) is 19.3 Å². The van der Waals surface area contributed by atoms with Gasteiger partial charge in [0.05, 0.1) is 16.3 Å². The molecule has 0 aliphatic heterocycles. The third-order valence-electron chi connectivity index (χ3n) is 4.11. The second kappa shape index (κ2) is 7.57. The van der Waals surface area contributed by atoms with Crippen LogP contribution in [0.4, 0.5) is 0 Å². The zero-order valence-electron chi connectivity index (χ0n) is 13.4. The van der Waals surface area contributed by atoms with Crippen LogP contribution in [0.2, 0.25) is 0 Å². The monoisotopic (exact) mass is 344 g/mol. The summed E-state index contributed by atoms with van der Waals surface area (Å²) < 4.78 is 0. The fraction of sp³-hybridized carbons (Fsp3) is 0.389. The van der Waals surface area contributed by atoms with Crippen LogP contribution in [0.15, 0.2) is 24.3 Å². The first-order valence-electron chi connectivity index (χ1n) is 8.22. The number of nitrogens with one attached hydrogen (secondary N) is 1. The van der Waals surface area contributed by atoms with E-state index < -0.39 is 5.97 Å². The van der Waals surface area contributed by atoms with Crippen LogP contribution in [0.1, 0.15) is 55.6 Å². The molecule has 0 spiro atoms. The van der Waals surface area contributed by atoms with Gasteiger partial charge in [0.1, 0.15) is 0 Å². The molecule has 0 radical (unpaired) electrons. The van der Waals surface area contributed by atoms with Gasteiger partial charge in [0.2, 0.25) is 0 Å². The van der Waals surface area contributed by atoms with Gasteiger partial charge in [0, 0.05) is 23.4 Å². The van der Waals surface area contributed by atoms with Crippen molar-refractivity contribution in [2.75, 3.05) is 6.54 Å². The minimum absolute atomic E-state index is 0.121. The topological polar surface area (TPSA) is 79.3 Å². The summed E-state index contributed by atoms with van der Waals surface area (Å²) in [6.07, 6.45) is 6.46. The van der Waals surface area contributed by atoms with Crippen LogP contribution >= 0.6 is 11.3 Å². The SMILES string of the molecule is O=C(O)c1cccc(C(=O)NCCCc2nc3c(s2)CCCC3)c1. The molecule has 1 aliphatic carbocycles. The third-order valence-corrected chi connectivity index (χ3v) is 5.33. The first-order chi connectivity index (χ1) is 11.6. The molecule has 0 atom stereocenters. The molecular formula is C18H20N2O3S. The Hall–Kier alpha value is -2.21. The van der Waals surface area contributed by atoms with E-state index in [4.69, 9.17) is 10.1 Å². The van der Waals surface area contributed by atoms with E-state index in [-0.39, 0.29) is 11.5 Å². The number of hydrogen-bond acceptors (Lipinski definition) is 4. The first-order valence-corrected chi connectivity index (χ1v) is 9.04. The highest BCUT2D eigenvalue weighted by atomic mass is 32.1. The number of aromatic carboxylic acids is 1. The summed E-state index contributed by atoms with van der Waals surface area (Å²) >= 11 is 1.81. The van der Waals surface area contributed by atoms with Crippen molar-refractivity contribution in [3.05, 3.63) is 51.0 Å². The van der Waals surface area contributed by atoms with Gasteiger partial charge >= 0.3 is 5.97 Å². The molecule has 3 rings (SSSR count). The van der Waals surface area contributed by atoms with Gasteiger partial charge in [0.25, 0.3) is 5.91 Å². The van der Waals surface area contributed by atoms with Crippen molar-refractivity contribution in [3.8, 4) is 0 Å². The number of carboxylic acid groups (broad SMARTS) is 1. The number of carbonyl (C=O) groups excluding carboxylic acids is 1. The van der Waals surface area contributed by atoms with Gasteiger partial charge in [-0.25, -0.2) is 9.78 Å². The van der Waals surface area contributed by atoms with Gasteiger partial charge in [-0.05, 0) is 50.3 Å². The molecule has 2 N–H and O–H groups in total. The second-order valence-corrected chi connectivity index (χ2v) is 7.10. The number of nitrogens with zero attached hydrogens (tertiary/aromatic N) is 1. The Labute approximate surface area is 144 Å². The fourth-order valence-corrected chi connectivity index (χ4v) is 4.05. The Bertz CT molecular complexity index is 731. The number of fused-ring (bicyclic) bond motifs is 1. The molecule has 1 aromatic heterocycles. The predicted octanol–water partition coefficient (Wildman–Crippen LogP) is 3.08. The minimum atomic E-state index is -1.03. The van der Waals surface area contributed by atoms with Gasteiger partial charge in [0.15, 0.2) is 0 Å². The van der Waals surface area contributed by atoms with Gasteiger partial charge < -0.3 is 10.4 Å². The molecule has 0 saturated heterocycles. The Morgan fingerprint density at radius 3 is 2.79 bits per heavy atom. The molecule has 126 valence electrons. The third kappa shape index (κ3) is 4.00. The summed E-state index contributed by atoms with van der Waals surface area (Å²) in [6, 6.07) is 6.07. The van der Waals surface area contributed by atoms with E-state index in [9.17, 15) is 9.59 Å². The largest absolute Gasteiger partial charge is 0.478 e. The lowest BCUT2D eigenvalue weighted by molar-refractivity contribution is 0.0697. The average Bonchev–Trinajstić information content (AvgIpc) is 3.01. The Morgan fingerprint density at radius 1 is 1.21 bits per heavy atom. The molecule has 0 fully saturated rings. The predicted molar refractivity (Wildman–Crippen MR) is 92.8 cm³/mol. The van der Waals surface area contributed by atoms with Crippen LogP contribution in [0.3, 0.4) is 0 Å². The highest BCUT2D eigenvalue weighted by Gasteiger charge is 2.15. The molecule has 0 saturated carbocycles. The van der Waals surface area contributed by atoms with Crippen LogP contribution in [-0.4, -0.2) is 28.5 Å². The van der Waals surface area contributed by atoms with Crippen LogP contribution in [0, 0.1) is 0 Å². The molecular weight excluding hydrogens is 324 g/mol. The molecule has 6 heteroatoms. The van der Waals surface area contributed by atoms with Crippen molar-refractivity contribution < 1.29 is 14.7 Å². The second-order valence-electron chi connectivity index (χ2n) is 5.93. The van der Waals surface area contributed by atoms with Crippen molar-refractivity contribution in [1.29, 1.82) is 0 Å². The number of carboxylic acids is 1. The summed E-state index contributed by atoms with van der Waals surface area (Å²) in [7, 11) is 0. The zero-order valence-corrected chi connectivity index (χ0v) is 14.2. The highest BCUT2D eigenvalue weighted by Crippen LogP contribution is 2.27. The van der Waals surface area contributed by atoms with E-state index in [0.29, 0.717) is 12.1 Å². The van der Waals surface area contributed by atoms with Crippen LogP contribution in [0.25, 0.3) is 0 Å². The van der Waals surface area contributed by atoms with Gasteiger partial charge in [-0.15, -0.1) is 11.3 Å². The van der Waals surface area contributed by atoms with E-state index in [1.165, 1.54) is 35.5 Å². The van der Waals surface area contributed by atoms with Gasteiger partial charge in [-0.3, -0.25) is 4.79 Å². The van der Waals surface area contributed by atoms with Gasteiger partial charge in [-0.1, -0.05) is 6.07 Å². The summed E-state index contributed by atoms with van der Waals surface area (Å²) in [5.41, 5.74) is 1.77. The molecule has 1 heterocycles. The Balaban J connectivity index is 1.47. The smallest absolute Gasteiger partial charge is 0.335 e. The molecule has 1 aliphatic rings. The molecule has 5 nitrogen and oxygen atoms in total. The number of benzene rings is 1. The maximum atomic E-state index is 12.1. The van der Waals surface area contributed by atoms with Crippen molar-refractivity contribution in [1.82, 2.24) is 10.3 Å². The maximum Gasteiger partial charge on any atom is 0.335 e. The molecule has 0 unspecified atom stereocenters. The van der Waals surface area contributed by atoms with E-state index in [0.717, 1.165) is 30.7 Å². The normalized spacial score (nSPS) is 13.3. The van der Waals surface area contributed by atoms with Crippen molar-refractivity contribution >= 4 is 23.2 Å². The molecule has 24 heavy (non-hydrogen) atoms. The maximum absolute atomic E-state index is 12.1. The van der Waals surface area contributed by atoms with E-state index in [1.807, 2.05) is 0 Å². The Kier molecular flexibility index (Phi) is 5.25. The standard InChI is InChI=1S/C18H20N2O3S/c21-17(12-5-3-6-13(11-12)18(22)23)19-10-4-9-16-20-14-7-1-2-8-15(14)24-16/h3,5-6,11H,1-2,4,7-10H2,(H,19,21)(H,22,23). The highest BCUT2D eigenvalue weighted by molar-refractivity contribution is 7.11.